The lowest BCUT2D eigenvalue weighted by molar-refractivity contribution is 0.102. The van der Waals surface area contributed by atoms with E-state index in [1.165, 1.54) is 10.6 Å². The number of amides is 1. The third kappa shape index (κ3) is 5.03. The molecule has 1 amide bonds. The summed E-state index contributed by atoms with van der Waals surface area (Å²) in [5, 5.41) is 2.92. The minimum Gasteiger partial charge on any atom is -0.322 e. The maximum atomic E-state index is 12.6. The number of anilines is 2. The molecule has 0 fully saturated rings. The fourth-order valence-corrected chi connectivity index (χ4v) is 3.90. The van der Waals surface area contributed by atoms with E-state index >= 15 is 0 Å². The number of benzene rings is 3. The summed E-state index contributed by atoms with van der Waals surface area (Å²) >= 11 is 0. The quantitative estimate of drug-likeness (QED) is 0.652. The predicted molar refractivity (Wildman–Crippen MR) is 118 cm³/mol. The van der Waals surface area contributed by atoms with Gasteiger partial charge in [0, 0.05) is 11.3 Å². The number of sulfonamides is 1. The summed E-state index contributed by atoms with van der Waals surface area (Å²) in [6.45, 7) is 4.18. The molecule has 0 aliphatic carbocycles. The van der Waals surface area contributed by atoms with Crippen LogP contribution < -0.4 is 9.62 Å². The van der Waals surface area contributed by atoms with Crippen molar-refractivity contribution in [2.24, 2.45) is 0 Å². The Kier molecular flexibility index (Phi) is 6.03. The Labute approximate surface area is 172 Å². The highest BCUT2D eigenvalue weighted by Gasteiger charge is 2.18. The van der Waals surface area contributed by atoms with Crippen LogP contribution in [0.5, 0.6) is 0 Å². The van der Waals surface area contributed by atoms with Crippen molar-refractivity contribution in [3.05, 3.63) is 95.1 Å². The second-order valence-electron chi connectivity index (χ2n) is 7.00. The molecule has 0 saturated heterocycles. The number of carbonyl (C=O) groups excluding carboxylic acids is 1. The molecule has 0 spiro atoms. The fraction of sp³-hybridized carbons (Fsp3) is 0.174. The molecule has 6 heteroatoms. The third-order valence-electron chi connectivity index (χ3n) is 4.84. The topological polar surface area (TPSA) is 66.5 Å². The lowest BCUT2D eigenvalue weighted by Crippen LogP contribution is -2.29. The zero-order chi connectivity index (χ0) is 21.0. The highest BCUT2D eigenvalue weighted by molar-refractivity contribution is 7.92. The summed E-state index contributed by atoms with van der Waals surface area (Å²) in [6.07, 6.45) is 1.18. The van der Waals surface area contributed by atoms with Crippen LogP contribution in [0.25, 0.3) is 0 Å². The molecule has 1 N–H and O–H groups in total. The maximum Gasteiger partial charge on any atom is 0.255 e. The van der Waals surface area contributed by atoms with Crippen molar-refractivity contribution in [2.45, 2.75) is 20.4 Å². The monoisotopic (exact) mass is 408 g/mol. The van der Waals surface area contributed by atoms with Gasteiger partial charge in [0.1, 0.15) is 0 Å². The van der Waals surface area contributed by atoms with Gasteiger partial charge in [-0.3, -0.25) is 9.10 Å². The van der Waals surface area contributed by atoms with Crippen molar-refractivity contribution in [1.82, 2.24) is 0 Å². The summed E-state index contributed by atoms with van der Waals surface area (Å²) in [5.74, 6) is -0.237. The van der Waals surface area contributed by atoms with E-state index in [0.717, 1.165) is 22.4 Å². The second-order valence-corrected chi connectivity index (χ2v) is 8.91. The number of rotatable bonds is 6. The smallest absolute Gasteiger partial charge is 0.255 e. The normalized spacial score (nSPS) is 11.1. The van der Waals surface area contributed by atoms with E-state index in [9.17, 15) is 13.2 Å². The number of hydrogen-bond acceptors (Lipinski definition) is 3. The molecule has 0 aliphatic heterocycles. The molecule has 0 radical (unpaired) electrons. The van der Waals surface area contributed by atoms with E-state index < -0.39 is 10.0 Å². The van der Waals surface area contributed by atoms with Crippen molar-refractivity contribution in [1.29, 1.82) is 0 Å². The lowest BCUT2D eigenvalue weighted by Gasteiger charge is -2.22. The van der Waals surface area contributed by atoms with Gasteiger partial charge < -0.3 is 5.32 Å². The van der Waals surface area contributed by atoms with Gasteiger partial charge >= 0.3 is 0 Å². The molecule has 29 heavy (non-hydrogen) atoms. The van der Waals surface area contributed by atoms with Crippen molar-refractivity contribution in [3.63, 3.8) is 0 Å². The van der Waals surface area contributed by atoms with Crippen molar-refractivity contribution >= 4 is 27.3 Å². The summed E-state index contributed by atoms with van der Waals surface area (Å²) in [7, 11) is -3.48. The Bertz CT molecular complexity index is 1110. The van der Waals surface area contributed by atoms with Gasteiger partial charge in [-0.1, -0.05) is 42.5 Å². The summed E-state index contributed by atoms with van der Waals surface area (Å²) < 4.78 is 26.0. The highest BCUT2D eigenvalue weighted by atomic mass is 32.2. The van der Waals surface area contributed by atoms with Crippen LogP contribution in [0, 0.1) is 13.8 Å². The Hall–Kier alpha value is -3.12. The second kappa shape index (κ2) is 8.49. The van der Waals surface area contributed by atoms with Gasteiger partial charge in [0.2, 0.25) is 10.0 Å². The van der Waals surface area contributed by atoms with Gasteiger partial charge in [-0.25, -0.2) is 8.42 Å². The van der Waals surface area contributed by atoms with E-state index in [-0.39, 0.29) is 12.5 Å². The van der Waals surface area contributed by atoms with Crippen LogP contribution in [0.15, 0.2) is 72.8 Å². The first kappa shape index (κ1) is 20.6. The van der Waals surface area contributed by atoms with Crippen LogP contribution >= 0.6 is 0 Å². The molecule has 0 aromatic heterocycles. The van der Waals surface area contributed by atoms with E-state index in [1.807, 2.05) is 62.4 Å². The minimum absolute atomic E-state index is 0.230. The molecule has 0 heterocycles. The van der Waals surface area contributed by atoms with E-state index in [2.05, 4.69) is 5.32 Å². The average Bonchev–Trinajstić information content (AvgIpc) is 2.70. The van der Waals surface area contributed by atoms with E-state index in [1.54, 1.807) is 24.3 Å². The number of nitrogens with zero attached hydrogens (tertiary/aromatic N) is 1. The van der Waals surface area contributed by atoms with Crippen LogP contribution in [0.3, 0.4) is 0 Å². The maximum absolute atomic E-state index is 12.6. The minimum atomic E-state index is -3.48. The lowest BCUT2D eigenvalue weighted by atomic mass is 10.1. The van der Waals surface area contributed by atoms with Crippen molar-refractivity contribution in [2.75, 3.05) is 15.9 Å². The van der Waals surface area contributed by atoms with Gasteiger partial charge in [0.15, 0.2) is 0 Å². The zero-order valence-electron chi connectivity index (χ0n) is 16.7. The third-order valence-corrected chi connectivity index (χ3v) is 5.98. The summed E-state index contributed by atoms with van der Waals surface area (Å²) in [6, 6.07) is 21.7. The van der Waals surface area contributed by atoms with Gasteiger partial charge in [-0.2, -0.15) is 0 Å². The van der Waals surface area contributed by atoms with Gasteiger partial charge in [-0.15, -0.1) is 0 Å². The molecule has 0 bridgehead atoms. The first-order valence-corrected chi connectivity index (χ1v) is 11.1. The van der Waals surface area contributed by atoms with Crippen LogP contribution in [-0.2, 0) is 16.6 Å². The van der Waals surface area contributed by atoms with Crippen LogP contribution in [0.4, 0.5) is 11.4 Å². The SMILES string of the molecule is Cc1cccc(NC(=O)c2ccc(N(Cc3ccccc3)S(C)(=O)=O)cc2)c1C. The summed E-state index contributed by atoms with van der Waals surface area (Å²) in [5.41, 5.74) is 4.74. The van der Waals surface area contributed by atoms with Crippen molar-refractivity contribution in [3.8, 4) is 0 Å². The fourth-order valence-electron chi connectivity index (χ4n) is 3.01. The predicted octanol–water partition coefficient (Wildman–Crippen LogP) is 4.52. The van der Waals surface area contributed by atoms with Gasteiger partial charge in [0.25, 0.3) is 5.91 Å². The Balaban J connectivity index is 1.81. The molecule has 5 nitrogen and oxygen atoms in total. The molecule has 0 unspecified atom stereocenters. The average molecular weight is 409 g/mol. The Morgan fingerprint density at radius 3 is 2.17 bits per heavy atom. The molecular weight excluding hydrogens is 384 g/mol. The van der Waals surface area contributed by atoms with Gasteiger partial charge in [0.05, 0.1) is 18.5 Å². The number of carbonyl (C=O) groups is 1. The van der Waals surface area contributed by atoms with Crippen LogP contribution in [0.1, 0.15) is 27.0 Å². The van der Waals surface area contributed by atoms with Gasteiger partial charge in [-0.05, 0) is 60.9 Å². The molecule has 3 aromatic carbocycles. The first-order chi connectivity index (χ1) is 13.8. The molecular formula is C23H24N2O3S. The summed E-state index contributed by atoms with van der Waals surface area (Å²) in [4.78, 5) is 12.6. The molecule has 0 saturated carbocycles. The molecule has 0 aliphatic rings. The standard InChI is InChI=1S/C23H24N2O3S/c1-17-8-7-11-22(18(17)2)24-23(26)20-12-14-21(15-13-20)25(29(3,27)28)16-19-9-5-4-6-10-19/h4-15H,16H2,1-3H3,(H,24,26). The van der Waals surface area contributed by atoms with Crippen molar-refractivity contribution < 1.29 is 13.2 Å². The zero-order valence-corrected chi connectivity index (χ0v) is 17.5. The first-order valence-electron chi connectivity index (χ1n) is 9.25. The molecule has 0 atom stereocenters. The Morgan fingerprint density at radius 1 is 0.897 bits per heavy atom. The molecule has 3 aromatic rings. The number of hydrogen-bond donors (Lipinski definition) is 1. The molecule has 3 rings (SSSR count). The Morgan fingerprint density at radius 2 is 1.55 bits per heavy atom. The number of nitrogens with one attached hydrogen (secondary N) is 1. The van der Waals surface area contributed by atoms with E-state index in [0.29, 0.717) is 11.3 Å². The van der Waals surface area contributed by atoms with E-state index in [4.69, 9.17) is 0 Å². The van der Waals surface area contributed by atoms with Crippen LogP contribution in [0.2, 0.25) is 0 Å². The van der Waals surface area contributed by atoms with Crippen LogP contribution in [-0.4, -0.2) is 20.6 Å². The molecule has 150 valence electrons. The number of aryl methyl sites for hydroxylation is 1. The highest BCUT2D eigenvalue weighted by Crippen LogP contribution is 2.23. The largest absolute Gasteiger partial charge is 0.322 e.